The maximum Gasteiger partial charge on any atom is 0.407 e. The van der Waals surface area contributed by atoms with Crippen molar-refractivity contribution in [3.8, 4) is 5.75 Å². The molecule has 1 heterocycles. The zero-order valence-corrected chi connectivity index (χ0v) is 17.5. The largest absolute Gasteiger partial charge is 0.444 e. The SMILES string of the molecule is CC(C)(C)OC(=O)NCC1CCN(Cc2ccc(OC(F)F)c(Br)c2)CC1. The molecule has 8 heteroatoms. The van der Waals surface area contributed by atoms with E-state index < -0.39 is 12.2 Å². The van der Waals surface area contributed by atoms with Gasteiger partial charge < -0.3 is 14.8 Å². The number of halogens is 3. The first kappa shape index (κ1) is 21.9. The molecule has 1 N–H and O–H groups in total. The van der Waals surface area contributed by atoms with E-state index in [1.54, 1.807) is 12.1 Å². The molecule has 152 valence electrons. The molecule has 1 aliphatic heterocycles. The van der Waals surface area contributed by atoms with E-state index in [0.717, 1.165) is 38.0 Å². The second-order valence-corrected chi connectivity index (χ2v) is 8.60. The number of piperidine rings is 1. The lowest BCUT2D eigenvalue weighted by molar-refractivity contribution is -0.0503. The lowest BCUT2D eigenvalue weighted by Crippen LogP contribution is -2.40. The zero-order valence-electron chi connectivity index (χ0n) is 15.9. The van der Waals surface area contributed by atoms with Crippen LogP contribution in [0.2, 0.25) is 0 Å². The minimum Gasteiger partial charge on any atom is -0.444 e. The number of nitrogens with zero attached hydrogens (tertiary/aromatic N) is 1. The standard InChI is InChI=1S/C19H27BrF2N2O3/c1-19(2,3)27-18(25)23-11-13-6-8-24(9-7-13)12-14-4-5-16(15(20)10-14)26-17(21)22/h4-5,10,13,17H,6-9,11-12H2,1-3H3,(H,23,25). The van der Waals surface area contributed by atoms with Gasteiger partial charge in [-0.1, -0.05) is 6.07 Å². The number of ether oxygens (including phenoxy) is 2. The van der Waals surface area contributed by atoms with Crippen molar-refractivity contribution in [3.05, 3.63) is 28.2 Å². The summed E-state index contributed by atoms with van der Waals surface area (Å²) in [7, 11) is 0. The van der Waals surface area contributed by atoms with Gasteiger partial charge in [-0.05, 0) is 86.2 Å². The van der Waals surface area contributed by atoms with Crippen molar-refractivity contribution in [2.45, 2.75) is 52.4 Å². The van der Waals surface area contributed by atoms with Crippen LogP contribution < -0.4 is 10.1 Å². The van der Waals surface area contributed by atoms with Gasteiger partial charge in [0, 0.05) is 13.1 Å². The van der Waals surface area contributed by atoms with Crippen molar-refractivity contribution in [2.75, 3.05) is 19.6 Å². The van der Waals surface area contributed by atoms with Gasteiger partial charge in [0.1, 0.15) is 11.4 Å². The Labute approximate surface area is 167 Å². The predicted molar refractivity (Wildman–Crippen MR) is 103 cm³/mol. The number of amides is 1. The molecule has 0 bridgehead atoms. The van der Waals surface area contributed by atoms with Crippen molar-refractivity contribution in [1.29, 1.82) is 0 Å². The second-order valence-electron chi connectivity index (χ2n) is 7.75. The lowest BCUT2D eigenvalue weighted by atomic mass is 9.96. The van der Waals surface area contributed by atoms with Crippen LogP contribution >= 0.6 is 15.9 Å². The van der Waals surface area contributed by atoms with Gasteiger partial charge in [0.25, 0.3) is 0 Å². The van der Waals surface area contributed by atoms with Crippen LogP contribution in [0.3, 0.4) is 0 Å². The van der Waals surface area contributed by atoms with E-state index in [1.807, 2.05) is 26.8 Å². The predicted octanol–water partition coefficient (Wildman–Crippen LogP) is 4.79. The summed E-state index contributed by atoms with van der Waals surface area (Å²) < 4.78 is 34.9. The highest BCUT2D eigenvalue weighted by Crippen LogP contribution is 2.28. The van der Waals surface area contributed by atoms with E-state index >= 15 is 0 Å². The zero-order chi connectivity index (χ0) is 20.0. The van der Waals surface area contributed by atoms with Crippen molar-refractivity contribution >= 4 is 22.0 Å². The molecular formula is C19H27BrF2N2O3. The Hall–Kier alpha value is -1.41. The summed E-state index contributed by atoms with van der Waals surface area (Å²) in [6, 6.07) is 5.18. The van der Waals surface area contributed by atoms with E-state index in [2.05, 4.69) is 30.9 Å². The number of nitrogens with one attached hydrogen (secondary N) is 1. The van der Waals surface area contributed by atoms with Crippen LogP contribution in [0.4, 0.5) is 13.6 Å². The molecule has 1 aliphatic rings. The highest BCUT2D eigenvalue weighted by atomic mass is 79.9. The number of benzene rings is 1. The fourth-order valence-electron chi connectivity index (χ4n) is 2.98. The number of carbonyl (C=O) groups excluding carboxylic acids is 1. The van der Waals surface area contributed by atoms with Gasteiger partial charge in [-0.15, -0.1) is 0 Å². The first-order chi connectivity index (χ1) is 12.6. The maximum atomic E-state index is 12.3. The van der Waals surface area contributed by atoms with Crippen molar-refractivity contribution in [2.24, 2.45) is 5.92 Å². The Morgan fingerprint density at radius 2 is 2.00 bits per heavy atom. The summed E-state index contributed by atoms with van der Waals surface area (Å²) in [6.45, 7) is 5.91. The van der Waals surface area contributed by atoms with Crippen LogP contribution in [0.25, 0.3) is 0 Å². The number of likely N-dealkylation sites (tertiary alicyclic amines) is 1. The Bertz CT molecular complexity index is 630. The number of alkyl carbamates (subject to hydrolysis) is 1. The average Bonchev–Trinajstić information content (AvgIpc) is 2.55. The molecule has 1 saturated heterocycles. The van der Waals surface area contributed by atoms with E-state index in [-0.39, 0.29) is 11.8 Å². The van der Waals surface area contributed by atoms with Crippen LogP contribution in [0.5, 0.6) is 5.75 Å². The quantitative estimate of drug-likeness (QED) is 0.679. The first-order valence-electron chi connectivity index (χ1n) is 9.05. The monoisotopic (exact) mass is 448 g/mol. The highest BCUT2D eigenvalue weighted by Gasteiger charge is 2.22. The Balaban J connectivity index is 1.74. The molecular weight excluding hydrogens is 422 g/mol. The Kier molecular flexibility index (Phi) is 7.85. The van der Waals surface area contributed by atoms with Crippen LogP contribution in [0, 0.1) is 5.92 Å². The summed E-state index contributed by atoms with van der Waals surface area (Å²) in [6.07, 6.45) is 1.61. The summed E-state index contributed by atoms with van der Waals surface area (Å²) in [5.41, 5.74) is 0.547. The number of hydrogen-bond acceptors (Lipinski definition) is 4. The number of hydrogen-bond donors (Lipinski definition) is 1. The van der Waals surface area contributed by atoms with Crippen molar-refractivity contribution in [1.82, 2.24) is 10.2 Å². The van der Waals surface area contributed by atoms with Gasteiger partial charge in [-0.3, -0.25) is 4.90 Å². The van der Waals surface area contributed by atoms with Gasteiger partial charge in [0.05, 0.1) is 4.47 Å². The van der Waals surface area contributed by atoms with E-state index in [9.17, 15) is 13.6 Å². The van der Waals surface area contributed by atoms with Crippen molar-refractivity contribution in [3.63, 3.8) is 0 Å². The minimum absolute atomic E-state index is 0.140. The van der Waals surface area contributed by atoms with Crippen LogP contribution in [0.1, 0.15) is 39.2 Å². The molecule has 0 radical (unpaired) electrons. The lowest BCUT2D eigenvalue weighted by Gasteiger charge is -2.32. The third kappa shape index (κ3) is 8.01. The van der Waals surface area contributed by atoms with Gasteiger partial charge in [0.2, 0.25) is 0 Å². The summed E-state index contributed by atoms with van der Waals surface area (Å²) >= 11 is 3.28. The molecule has 27 heavy (non-hydrogen) atoms. The van der Waals surface area contributed by atoms with Crippen LogP contribution in [0.15, 0.2) is 22.7 Å². The molecule has 0 atom stereocenters. The third-order valence-corrected chi connectivity index (χ3v) is 4.88. The van der Waals surface area contributed by atoms with E-state index in [1.165, 1.54) is 0 Å². The molecule has 0 aromatic heterocycles. The molecule has 0 saturated carbocycles. The van der Waals surface area contributed by atoms with E-state index in [4.69, 9.17) is 4.74 Å². The summed E-state index contributed by atoms with van der Waals surface area (Å²) in [5.74, 6) is 0.572. The summed E-state index contributed by atoms with van der Waals surface area (Å²) in [4.78, 5) is 14.0. The average molecular weight is 449 g/mol. The molecule has 2 rings (SSSR count). The molecule has 1 fully saturated rings. The maximum absolute atomic E-state index is 12.3. The fraction of sp³-hybridized carbons (Fsp3) is 0.632. The smallest absolute Gasteiger partial charge is 0.407 e. The summed E-state index contributed by atoms with van der Waals surface area (Å²) in [5, 5.41) is 2.84. The number of alkyl halides is 2. The molecule has 0 spiro atoms. The molecule has 1 amide bonds. The Morgan fingerprint density at radius 1 is 1.33 bits per heavy atom. The van der Waals surface area contributed by atoms with Crippen molar-refractivity contribution < 1.29 is 23.0 Å². The molecule has 1 aromatic carbocycles. The van der Waals surface area contributed by atoms with Gasteiger partial charge in [-0.2, -0.15) is 8.78 Å². The topological polar surface area (TPSA) is 50.8 Å². The number of rotatable bonds is 6. The minimum atomic E-state index is -2.83. The van der Waals surface area contributed by atoms with Gasteiger partial charge in [0.15, 0.2) is 0 Å². The van der Waals surface area contributed by atoms with Gasteiger partial charge in [-0.25, -0.2) is 4.79 Å². The molecule has 5 nitrogen and oxygen atoms in total. The first-order valence-corrected chi connectivity index (χ1v) is 9.84. The van der Waals surface area contributed by atoms with Crippen LogP contribution in [-0.2, 0) is 11.3 Å². The highest BCUT2D eigenvalue weighted by molar-refractivity contribution is 9.10. The molecule has 1 aromatic rings. The number of carbonyl (C=O) groups is 1. The van der Waals surface area contributed by atoms with E-state index in [0.29, 0.717) is 16.9 Å². The second kappa shape index (κ2) is 9.68. The fourth-order valence-corrected chi connectivity index (χ4v) is 3.50. The normalized spacial score (nSPS) is 16.4. The molecule has 0 unspecified atom stereocenters. The third-order valence-electron chi connectivity index (χ3n) is 4.26. The molecule has 0 aliphatic carbocycles. The Morgan fingerprint density at radius 3 is 2.56 bits per heavy atom. The van der Waals surface area contributed by atoms with Crippen LogP contribution in [-0.4, -0.2) is 42.8 Å². The van der Waals surface area contributed by atoms with Gasteiger partial charge >= 0.3 is 12.7 Å².